The highest BCUT2D eigenvalue weighted by Crippen LogP contribution is 2.24. The number of hydrogen-bond acceptors (Lipinski definition) is 5. The van der Waals surface area contributed by atoms with E-state index in [9.17, 15) is 4.79 Å². The second-order valence-electron chi connectivity index (χ2n) is 4.76. The maximum Gasteiger partial charge on any atom is 0.263 e. The van der Waals surface area contributed by atoms with E-state index in [1.54, 1.807) is 18.6 Å². The van der Waals surface area contributed by atoms with Crippen LogP contribution in [0.25, 0.3) is 10.6 Å². The number of rotatable bonds is 3. The molecule has 1 aliphatic rings. The van der Waals surface area contributed by atoms with Gasteiger partial charge in [0.05, 0.1) is 6.20 Å². The largest absolute Gasteiger partial charge is 0.348 e. The van der Waals surface area contributed by atoms with Crippen molar-refractivity contribution in [2.45, 2.75) is 18.9 Å². The Labute approximate surface area is 121 Å². The highest BCUT2D eigenvalue weighted by Gasteiger charge is 2.18. The first-order chi connectivity index (χ1) is 9.83. The van der Waals surface area contributed by atoms with Gasteiger partial charge in [0.1, 0.15) is 9.88 Å². The predicted molar refractivity (Wildman–Crippen MR) is 78.7 cm³/mol. The van der Waals surface area contributed by atoms with Crippen LogP contribution < -0.4 is 10.6 Å². The molecule has 1 amide bonds. The Balaban J connectivity index is 1.68. The maximum absolute atomic E-state index is 12.2. The van der Waals surface area contributed by atoms with Crippen LogP contribution >= 0.6 is 11.3 Å². The summed E-state index contributed by atoms with van der Waals surface area (Å²) in [5.41, 5.74) is 0.992. The lowest BCUT2D eigenvalue weighted by Crippen LogP contribution is -2.42. The summed E-state index contributed by atoms with van der Waals surface area (Å²) in [6.07, 6.45) is 7.08. The van der Waals surface area contributed by atoms with E-state index in [1.807, 2.05) is 12.1 Å². The molecule has 5 nitrogen and oxygen atoms in total. The van der Waals surface area contributed by atoms with Crippen LogP contribution in [0, 0.1) is 0 Å². The number of nitrogens with one attached hydrogen (secondary N) is 2. The average molecular weight is 288 g/mol. The summed E-state index contributed by atoms with van der Waals surface area (Å²) in [5, 5.41) is 7.22. The molecule has 0 saturated carbocycles. The topological polar surface area (TPSA) is 66.9 Å². The van der Waals surface area contributed by atoms with Gasteiger partial charge in [-0.1, -0.05) is 0 Å². The summed E-state index contributed by atoms with van der Waals surface area (Å²) in [4.78, 5) is 21.1. The number of carbonyl (C=O) groups excluding carboxylic acids is 1. The summed E-state index contributed by atoms with van der Waals surface area (Å²) >= 11 is 1.42. The van der Waals surface area contributed by atoms with E-state index >= 15 is 0 Å². The van der Waals surface area contributed by atoms with E-state index in [-0.39, 0.29) is 11.9 Å². The van der Waals surface area contributed by atoms with E-state index in [2.05, 4.69) is 20.6 Å². The van der Waals surface area contributed by atoms with Gasteiger partial charge in [0.2, 0.25) is 0 Å². The number of piperidine rings is 1. The number of carbonyl (C=O) groups is 1. The van der Waals surface area contributed by atoms with Gasteiger partial charge in [-0.3, -0.25) is 9.78 Å². The Bertz CT molecular complexity index is 578. The number of aromatic nitrogens is 2. The zero-order valence-corrected chi connectivity index (χ0v) is 11.8. The third kappa shape index (κ3) is 3.02. The molecule has 2 N–H and O–H groups in total. The second kappa shape index (κ2) is 6.11. The van der Waals surface area contributed by atoms with Crippen LogP contribution in [0.5, 0.6) is 0 Å². The van der Waals surface area contributed by atoms with Crippen molar-refractivity contribution in [2.75, 3.05) is 13.1 Å². The van der Waals surface area contributed by atoms with E-state index in [0.717, 1.165) is 36.5 Å². The monoisotopic (exact) mass is 288 g/mol. The van der Waals surface area contributed by atoms with Crippen molar-refractivity contribution in [1.82, 2.24) is 20.6 Å². The van der Waals surface area contributed by atoms with Gasteiger partial charge in [0, 0.05) is 24.0 Å². The lowest BCUT2D eigenvalue weighted by molar-refractivity contribution is 0.0933. The quantitative estimate of drug-likeness (QED) is 0.902. The van der Waals surface area contributed by atoms with Crippen LogP contribution in [0.15, 0.2) is 30.7 Å². The van der Waals surface area contributed by atoms with Crippen molar-refractivity contribution in [1.29, 1.82) is 0 Å². The summed E-state index contributed by atoms with van der Waals surface area (Å²) in [5.74, 6) is -0.0188. The fourth-order valence-electron chi connectivity index (χ4n) is 2.23. The lowest BCUT2D eigenvalue weighted by Gasteiger charge is -2.23. The smallest absolute Gasteiger partial charge is 0.263 e. The Hall–Kier alpha value is -1.79. The van der Waals surface area contributed by atoms with E-state index in [1.165, 1.54) is 11.3 Å². The number of thiazole rings is 1. The second-order valence-corrected chi connectivity index (χ2v) is 5.79. The Morgan fingerprint density at radius 3 is 2.80 bits per heavy atom. The molecule has 104 valence electrons. The Morgan fingerprint density at radius 1 is 1.30 bits per heavy atom. The first-order valence-electron chi connectivity index (χ1n) is 6.71. The van der Waals surface area contributed by atoms with Gasteiger partial charge in [0.15, 0.2) is 0 Å². The molecule has 0 bridgehead atoms. The van der Waals surface area contributed by atoms with Crippen LogP contribution in [0.4, 0.5) is 0 Å². The summed E-state index contributed by atoms with van der Waals surface area (Å²) in [7, 11) is 0. The van der Waals surface area contributed by atoms with Crippen molar-refractivity contribution in [2.24, 2.45) is 0 Å². The van der Waals surface area contributed by atoms with Gasteiger partial charge in [0.25, 0.3) is 5.91 Å². The third-order valence-corrected chi connectivity index (χ3v) is 4.38. The molecule has 0 spiro atoms. The van der Waals surface area contributed by atoms with Gasteiger partial charge >= 0.3 is 0 Å². The molecule has 2 aromatic rings. The average Bonchev–Trinajstić information content (AvgIpc) is 2.99. The van der Waals surface area contributed by atoms with Crippen molar-refractivity contribution in [3.05, 3.63) is 35.6 Å². The number of hydrogen-bond donors (Lipinski definition) is 2. The highest BCUT2D eigenvalue weighted by molar-refractivity contribution is 7.16. The molecule has 3 rings (SSSR count). The molecular weight excluding hydrogens is 272 g/mol. The third-order valence-electron chi connectivity index (χ3n) is 3.33. The molecule has 0 radical (unpaired) electrons. The minimum Gasteiger partial charge on any atom is -0.348 e. The molecule has 1 fully saturated rings. The van der Waals surface area contributed by atoms with Gasteiger partial charge in [-0.15, -0.1) is 11.3 Å². The summed E-state index contributed by atoms with van der Waals surface area (Å²) < 4.78 is 0. The van der Waals surface area contributed by atoms with E-state index in [0.29, 0.717) is 4.88 Å². The standard InChI is InChI=1S/C14H16N4OS/c19-13(18-11-3-7-16-8-4-11)12-9-17-14(20-12)10-1-5-15-6-2-10/h1-2,5-6,9,11,16H,3-4,7-8H2,(H,18,19). The molecule has 2 aromatic heterocycles. The van der Waals surface area contributed by atoms with E-state index in [4.69, 9.17) is 0 Å². The minimum atomic E-state index is -0.0188. The molecule has 0 atom stereocenters. The molecular formula is C14H16N4OS. The Kier molecular flexibility index (Phi) is 4.03. The SMILES string of the molecule is O=C(NC1CCNCC1)c1cnc(-c2ccncc2)s1. The molecule has 3 heterocycles. The Morgan fingerprint density at radius 2 is 2.05 bits per heavy atom. The molecule has 1 aliphatic heterocycles. The molecule has 1 saturated heterocycles. The van der Waals surface area contributed by atoms with E-state index < -0.39 is 0 Å². The predicted octanol–water partition coefficient (Wildman–Crippen LogP) is 1.69. The number of nitrogens with zero attached hydrogens (tertiary/aromatic N) is 2. The highest BCUT2D eigenvalue weighted by atomic mass is 32.1. The van der Waals surface area contributed by atoms with Crippen LogP contribution in [-0.2, 0) is 0 Å². The van der Waals surface area contributed by atoms with Crippen molar-refractivity contribution >= 4 is 17.2 Å². The first-order valence-corrected chi connectivity index (χ1v) is 7.52. The molecule has 20 heavy (non-hydrogen) atoms. The van der Waals surface area contributed by atoms with Gasteiger partial charge in [-0.25, -0.2) is 4.98 Å². The van der Waals surface area contributed by atoms with Gasteiger partial charge in [-0.05, 0) is 38.1 Å². The van der Waals surface area contributed by atoms with Gasteiger partial charge < -0.3 is 10.6 Å². The van der Waals surface area contributed by atoms with Gasteiger partial charge in [-0.2, -0.15) is 0 Å². The molecule has 6 heteroatoms. The van der Waals surface area contributed by atoms with Crippen LogP contribution in [0.1, 0.15) is 22.5 Å². The van der Waals surface area contributed by atoms with Crippen molar-refractivity contribution < 1.29 is 4.79 Å². The van der Waals surface area contributed by atoms with Crippen LogP contribution in [0.2, 0.25) is 0 Å². The fourth-order valence-corrected chi connectivity index (χ4v) is 3.05. The maximum atomic E-state index is 12.2. The number of amides is 1. The summed E-state index contributed by atoms with van der Waals surface area (Å²) in [6, 6.07) is 4.07. The van der Waals surface area contributed by atoms with Crippen molar-refractivity contribution in [3.63, 3.8) is 0 Å². The minimum absolute atomic E-state index is 0.0188. The zero-order valence-electron chi connectivity index (χ0n) is 11.0. The molecule has 0 unspecified atom stereocenters. The van der Waals surface area contributed by atoms with Crippen molar-refractivity contribution in [3.8, 4) is 10.6 Å². The summed E-state index contributed by atoms with van der Waals surface area (Å²) in [6.45, 7) is 1.94. The normalized spacial score (nSPS) is 16.0. The molecule has 0 aliphatic carbocycles. The molecule has 0 aromatic carbocycles. The lowest BCUT2D eigenvalue weighted by atomic mass is 10.1. The first kappa shape index (κ1) is 13.2. The van der Waals surface area contributed by atoms with Crippen LogP contribution in [-0.4, -0.2) is 35.0 Å². The zero-order chi connectivity index (χ0) is 13.8. The fraction of sp³-hybridized carbons (Fsp3) is 0.357. The number of pyridine rings is 1. The van der Waals surface area contributed by atoms with Crippen LogP contribution in [0.3, 0.4) is 0 Å².